The Balaban J connectivity index is 1.93. The van der Waals surface area contributed by atoms with Crippen molar-refractivity contribution in [2.24, 2.45) is 0 Å². The van der Waals surface area contributed by atoms with Gasteiger partial charge in [0, 0.05) is 11.5 Å². The molecule has 0 atom stereocenters. The van der Waals surface area contributed by atoms with Gasteiger partial charge < -0.3 is 5.11 Å². The van der Waals surface area contributed by atoms with Crippen LogP contribution in [0, 0.1) is 5.82 Å². The number of carboxylic acids is 1. The third kappa shape index (κ3) is 4.31. The molecule has 0 fully saturated rings. The van der Waals surface area contributed by atoms with E-state index in [4.69, 9.17) is 5.11 Å². The van der Waals surface area contributed by atoms with E-state index in [-0.39, 0.29) is 5.82 Å². The number of nitrogens with zero attached hydrogens (tertiary/aromatic N) is 1. The van der Waals surface area contributed by atoms with E-state index < -0.39 is 5.97 Å². The summed E-state index contributed by atoms with van der Waals surface area (Å²) in [6, 6.07) is 21.1. The van der Waals surface area contributed by atoms with Crippen molar-refractivity contribution in [3.63, 3.8) is 0 Å². The molecule has 0 aliphatic carbocycles. The van der Waals surface area contributed by atoms with E-state index >= 15 is 0 Å². The van der Waals surface area contributed by atoms with Gasteiger partial charge in [0.05, 0.1) is 6.20 Å². The number of nitrogens with one attached hydrogen (secondary N) is 1. The van der Waals surface area contributed by atoms with Gasteiger partial charge in [0.25, 0.3) is 0 Å². The molecule has 154 valence electrons. The lowest BCUT2D eigenvalue weighted by atomic mass is 9.87. The summed E-state index contributed by atoms with van der Waals surface area (Å²) in [5.74, 6) is -1.35. The molecular weight excluding hydrogens is 391 g/mol. The van der Waals surface area contributed by atoms with Crippen molar-refractivity contribution in [1.29, 1.82) is 0 Å². The van der Waals surface area contributed by atoms with Crippen LogP contribution in [-0.2, 0) is 4.79 Å². The maximum atomic E-state index is 14.8. The fourth-order valence-electron chi connectivity index (χ4n) is 3.77. The standard InChI is InChI=1S/C26H21FN2O2/c1-2-22(18-6-4-3-5-7-18)25(19-11-8-17(9-12-19)10-13-24(30)31)20-14-21-16-28-29-26(21)23(27)15-20/h3-16H,2H2,1H3,(H,28,29)(H,30,31)/b13-10+,25-22+. The van der Waals surface area contributed by atoms with Crippen LogP contribution in [0.1, 0.15) is 35.6 Å². The van der Waals surface area contributed by atoms with Gasteiger partial charge in [-0.2, -0.15) is 5.10 Å². The highest BCUT2D eigenvalue weighted by atomic mass is 19.1. The number of halogens is 1. The van der Waals surface area contributed by atoms with Crippen LogP contribution in [0.5, 0.6) is 0 Å². The zero-order valence-electron chi connectivity index (χ0n) is 17.0. The molecule has 0 unspecified atom stereocenters. The van der Waals surface area contributed by atoms with Gasteiger partial charge in [0.2, 0.25) is 0 Å². The van der Waals surface area contributed by atoms with E-state index in [1.807, 2.05) is 48.5 Å². The molecule has 5 heteroatoms. The maximum absolute atomic E-state index is 14.8. The average molecular weight is 412 g/mol. The predicted molar refractivity (Wildman–Crippen MR) is 122 cm³/mol. The molecule has 0 saturated heterocycles. The number of carbonyl (C=O) groups is 1. The smallest absolute Gasteiger partial charge is 0.328 e. The second kappa shape index (κ2) is 8.79. The first-order valence-corrected chi connectivity index (χ1v) is 10.00. The fourth-order valence-corrected chi connectivity index (χ4v) is 3.77. The number of allylic oxidation sites excluding steroid dienone is 1. The number of carboxylic acid groups (broad SMARTS) is 1. The highest BCUT2D eigenvalue weighted by Gasteiger charge is 2.16. The third-order valence-electron chi connectivity index (χ3n) is 5.18. The van der Waals surface area contributed by atoms with Gasteiger partial charge in [-0.15, -0.1) is 0 Å². The van der Waals surface area contributed by atoms with Crippen molar-refractivity contribution in [3.8, 4) is 0 Å². The minimum atomic E-state index is -0.995. The first-order chi connectivity index (χ1) is 15.1. The summed E-state index contributed by atoms with van der Waals surface area (Å²) < 4.78 is 14.8. The zero-order valence-corrected chi connectivity index (χ0v) is 17.0. The molecule has 31 heavy (non-hydrogen) atoms. The second-order valence-corrected chi connectivity index (χ2v) is 7.16. The third-order valence-corrected chi connectivity index (χ3v) is 5.18. The first-order valence-electron chi connectivity index (χ1n) is 10.00. The van der Waals surface area contributed by atoms with Gasteiger partial charge in [0.15, 0.2) is 0 Å². The minimum absolute atomic E-state index is 0.355. The number of rotatable bonds is 6. The number of aromatic nitrogens is 2. The van der Waals surface area contributed by atoms with E-state index in [9.17, 15) is 9.18 Å². The molecule has 2 N–H and O–H groups in total. The molecular formula is C26H21FN2O2. The lowest BCUT2D eigenvalue weighted by Gasteiger charge is -2.17. The summed E-state index contributed by atoms with van der Waals surface area (Å²) in [6.07, 6.45) is 5.03. The van der Waals surface area contributed by atoms with Crippen LogP contribution in [0.2, 0.25) is 0 Å². The van der Waals surface area contributed by atoms with E-state index in [2.05, 4.69) is 29.3 Å². The van der Waals surface area contributed by atoms with Gasteiger partial charge >= 0.3 is 5.97 Å². The molecule has 3 aromatic carbocycles. The van der Waals surface area contributed by atoms with Crippen molar-refractivity contribution in [2.75, 3.05) is 0 Å². The summed E-state index contributed by atoms with van der Waals surface area (Å²) in [5, 5.41) is 16.2. The molecule has 0 saturated carbocycles. The first kappa shape index (κ1) is 20.3. The topological polar surface area (TPSA) is 66.0 Å². The van der Waals surface area contributed by atoms with Crippen molar-refractivity contribution in [2.45, 2.75) is 13.3 Å². The van der Waals surface area contributed by atoms with Gasteiger partial charge in [-0.25, -0.2) is 9.18 Å². The van der Waals surface area contributed by atoms with Crippen LogP contribution in [0.3, 0.4) is 0 Å². The Morgan fingerprint density at radius 3 is 2.45 bits per heavy atom. The molecule has 0 aliphatic heterocycles. The molecule has 1 aromatic heterocycles. The van der Waals surface area contributed by atoms with Crippen molar-refractivity contribution in [1.82, 2.24) is 10.2 Å². The van der Waals surface area contributed by atoms with Crippen molar-refractivity contribution < 1.29 is 14.3 Å². The van der Waals surface area contributed by atoms with Crippen LogP contribution in [0.25, 0.3) is 28.1 Å². The van der Waals surface area contributed by atoms with Gasteiger partial charge in [-0.1, -0.05) is 61.5 Å². The lowest BCUT2D eigenvalue weighted by molar-refractivity contribution is -0.131. The highest BCUT2D eigenvalue weighted by Crippen LogP contribution is 2.36. The normalized spacial score (nSPS) is 12.3. The Morgan fingerprint density at radius 2 is 1.77 bits per heavy atom. The molecule has 4 nitrogen and oxygen atoms in total. The minimum Gasteiger partial charge on any atom is -0.478 e. The number of hydrogen-bond acceptors (Lipinski definition) is 2. The second-order valence-electron chi connectivity index (χ2n) is 7.16. The average Bonchev–Trinajstić information content (AvgIpc) is 3.26. The van der Waals surface area contributed by atoms with Crippen LogP contribution in [-0.4, -0.2) is 21.3 Å². The Labute approximate surface area is 179 Å². The van der Waals surface area contributed by atoms with E-state index in [0.29, 0.717) is 10.9 Å². The van der Waals surface area contributed by atoms with Crippen LogP contribution in [0.4, 0.5) is 4.39 Å². The number of aliphatic carboxylic acids is 1. The Hall–Kier alpha value is -3.99. The zero-order chi connectivity index (χ0) is 21.8. The molecule has 1 heterocycles. The highest BCUT2D eigenvalue weighted by molar-refractivity contribution is 6.00. The molecule has 4 aromatic rings. The Bertz CT molecular complexity index is 1290. The van der Waals surface area contributed by atoms with E-state index in [1.54, 1.807) is 12.3 Å². The number of H-pyrrole nitrogens is 1. The molecule has 0 radical (unpaired) electrons. The monoisotopic (exact) mass is 412 g/mol. The number of aromatic amines is 1. The SMILES string of the molecule is CC/C(=C(/c1ccc(/C=C/C(=O)O)cc1)c1cc(F)c2[nH]ncc2c1)c1ccccc1. The summed E-state index contributed by atoms with van der Waals surface area (Å²) >= 11 is 0. The maximum Gasteiger partial charge on any atom is 0.328 e. The van der Waals surface area contributed by atoms with E-state index in [1.165, 1.54) is 6.07 Å². The molecule has 0 aliphatic rings. The number of benzene rings is 3. The van der Waals surface area contributed by atoms with Crippen LogP contribution >= 0.6 is 0 Å². The van der Waals surface area contributed by atoms with Gasteiger partial charge in [-0.3, -0.25) is 5.10 Å². The Kier molecular flexibility index (Phi) is 5.76. The molecule has 0 spiro atoms. The predicted octanol–water partition coefficient (Wildman–Crippen LogP) is 6.17. The van der Waals surface area contributed by atoms with E-state index in [0.717, 1.165) is 45.9 Å². The molecule has 0 bridgehead atoms. The molecule has 0 amide bonds. The summed E-state index contributed by atoms with van der Waals surface area (Å²) in [5.41, 5.74) is 5.95. The number of hydrogen-bond donors (Lipinski definition) is 2. The summed E-state index contributed by atoms with van der Waals surface area (Å²) in [4.78, 5) is 10.8. The summed E-state index contributed by atoms with van der Waals surface area (Å²) in [7, 11) is 0. The van der Waals surface area contributed by atoms with Crippen molar-refractivity contribution >= 4 is 34.1 Å². The summed E-state index contributed by atoms with van der Waals surface area (Å²) in [6.45, 7) is 2.08. The Morgan fingerprint density at radius 1 is 1.03 bits per heavy atom. The fraction of sp³-hybridized carbons (Fsp3) is 0.0769. The van der Waals surface area contributed by atoms with Crippen LogP contribution in [0.15, 0.2) is 79.0 Å². The van der Waals surface area contributed by atoms with Gasteiger partial charge in [-0.05, 0) is 58.0 Å². The molecule has 4 rings (SSSR count). The largest absolute Gasteiger partial charge is 0.478 e. The van der Waals surface area contributed by atoms with Crippen LogP contribution < -0.4 is 0 Å². The van der Waals surface area contributed by atoms with Crippen molar-refractivity contribution in [3.05, 3.63) is 107 Å². The lowest BCUT2D eigenvalue weighted by Crippen LogP contribution is -1.96. The quantitative estimate of drug-likeness (QED) is 0.294. The van der Waals surface area contributed by atoms with Gasteiger partial charge in [0.1, 0.15) is 11.3 Å². The number of fused-ring (bicyclic) bond motifs is 1.